The molecule has 0 bridgehead atoms. The van der Waals surface area contributed by atoms with E-state index in [1.54, 1.807) is 24.3 Å². The smallest absolute Gasteiger partial charge is 0.343 e. The molecule has 2 aromatic rings. The van der Waals surface area contributed by atoms with Crippen molar-refractivity contribution in [3.63, 3.8) is 0 Å². The van der Waals surface area contributed by atoms with Crippen LogP contribution in [0.25, 0.3) is 0 Å². The summed E-state index contributed by atoms with van der Waals surface area (Å²) in [6.07, 6.45) is 8.14. The third-order valence-electron chi connectivity index (χ3n) is 4.56. The van der Waals surface area contributed by atoms with Crippen LogP contribution in [0.5, 0.6) is 11.5 Å². The van der Waals surface area contributed by atoms with Gasteiger partial charge in [-0.25, -0.2) is 4.79 Å². The SMILES string of the molecule is CCCOc1ccc(C(=O)Oc2ccc(C3CC[CH]CC3)cc2)cc1. The van der Waals surface area contributed by atoms with Crippen LogP contribution in [-0.2, 0) is 0 Å². The molecule has 131 valence electrons. The van der Waals surface area contributed by atoms with Crippen LogP contribution in [0.2, 0.25) is 0 Å². The molecule has 1 aliphatic carbocycles. The van der Waals surface area contributed by atoms with Gasteiger partial charge in [0, 0.05) is 0 Å². The van der Waals surface area contributed by atoms with E-state index >= 15 is 0 Å². The molecule has 0 unspecified atom stereocenters. The van der Waals surface area contributed by atoms with Gasteiger partial charge in [0.25, 0.3) is 0 Å². The predicted octanol–water partition coefficient (Wildman–Crippen LogP) is 5.56. The Kier molecular flexibility index (Phi) is 6.10. The van der Waals surface area contributed by atoms with Crippen LogP contribution < -0.4 is 9.47 Å². The molecule has 0 saturated heterocycles. The van der Waals surface area contributed by atoms with Gasteiger partial charge >= 0.3 is 5.97 Å². The molecular weight excluding hydrogens is 312 g/mol. The summed E-state index contributed by atoms with van der Waals surface area (Å²) in [5.74, 6) is 1.64. The van der Waals surface area contributed by atoms with Crippen molar-refractivity contribution < 1.29 is 14.3 Å². The molecule has 25 heavy (non-hydrogen) atoms. The number of benzene rings is 2. The lowest BCUT2D eigenvalue weighted by Crippen LogP contribution is -2.09. The second-order valence-electron chi connectivity index (χ2n) is 6.47. The first-order valence-corrected chi connectivity index (χ1v) is 9.13. The van der Waals surface area contributed by atoms with E-state index in [1.165, 1.54) is 31.2 Å². The summed E-state index contributed by atoms with van der Waals surface area (Å²) in [5.41, 5.74) is 1.86. The number of hydrogen-bond acceptors (Lipinski definition) is 3. The highest BCUT2D eigenvalue weighted by Gasteiger charge is 2.16. The van der Waals surface area contributed by atoms with Crippen LogP contribution in [0, 0.1) is 6.42 Å². The van der Waals surface area contributed by atoms with Crippen molar-refractivity contribution in [3.05, 3.63) is 66.1 Å². The predicted molar refractivity (Wildman–Crippen MR) is 99.1 cm³/mol. The van der Waals surface area contributed by atoms with Crippen molar-refractivity contribution >= 4 is 5.97 Å². The topological polar surface area (TPSA) is 35.5 Å². The molecular formula is C22H25O3. The van der Waals surface area contributed by atoms with Crippen LogP contribution in [0.3, 0.4) is 0 Å². The molecule has 0 heterocycles. The van der Waals surface area contributed by atoms with Gasteiger partial charge in [-0.1, -0.05) is 19.1 Å². The highest BCUT2D eigenvalue weighted by molar-refractivity contribution is 5.91. The van der Waals surface area contributed by atoms with E-state index in [0.29, 0.717) is 23.8 Å². The normalized spacial score (nSPS) is 14.9. The van der Waals surface area contributed by atoms with E-state index < -0.39 is 0 Å². The minimum atomic E-state index is -0.345. The summed E-state index contributed by atoms with van der Waals surface area (Å²) in [6.45, 7) is 2.74. The fraction of sp³-hybridized carbons (Fsp3) is 0.364. The maximum Gasteiger partial charge on any atom is 0.343 e. The largest absolute Gasteiger partial charge is 0.494 e. The monoisotopic (exact) mass is 337 g/mol. The lowest BCUT2D eigenvalue weighted by Gasteiger charge is -2.21. The Morgan fingerprint density at radius 2 is 1.60 bits per heavy atom. The molecule has 3 heteroatoms. The zero-order chi connectivity index (χ0) is 17.5. The summed E-state index contributed by atoms with van der Waals surface area (Å²) < 4.78 is 11.0. The summed E-state index contributed by atoms with van der Waals surface area (Å²) in [4.78, 5) is 12.3. The Morgan fingerprint density at radius 3 is 2.24 bits per heavy atom. The highest BCUT2D eigenvalue weighted by atomic mass is 16.5. The van der Waals surface area contributed by atoms with Gasteiger partial charge in [-0.15, -0.1) is 0 Å². The van der Waals surface area contributed by atoms with Crippen molar-refractivity contribution in [1.82, 2.24) is 0 Å². The second-order valence-corrected chi connectivity index (χ2v) is 6.47. The molecule has 0 spiro atoms. The summed E-state index contributed by atoms with van der Waals surface area (Å²) >= 11 is 0. The number of carbonyl (C=O) groups is 1. The quantitative estimate of drug-likeness (QED) is 0.511. The van der Waals surface area contributed by atoms with Gasteiger partial charge in [0.1, 0.15) is 11.5 Å². The molecule has 0 aliphatic heterocycles. The number of ether oxygens (including phenoxy) is 2. The minimum absolute atomic E-state index is 0.345. The molecule has 1 fully saturated rings. The van der Waals surface area contributed by atoms with Gasteiger partial charge < -0.3 is 9.47 Å². The molecule has 1 radical (unpaired) electrons. The summed E-state index contributed by atoms with van der Waals surface area (Å²) in [7, 11) is 0. The molecule has 0 aromatic heterocycles. The highest BCUT2D eigenvalue weighted by Crippen LogP contribution is 2.32. The Morgan fingerprint density at radius 1 is 0.960 bits per heavy atom. The molecule has 0 atom stereocenters. The average Bonchev–Trinajstić information content (AvgIpc) is 2.68. The number of carbonyl (C=O) groups excluding carboxylic acids is 1. The van der Waals surface area contributed by atoms with E-state index in [1.807, 2.05) is 12.1 Å². The van der Waals surface area contributed by atoms with Crippen molar-refractivity contribution in [2.75, 3.05) is 6.61 Å². The van der Waals surface area contributed by atoms with Crippen LogP contribution in [0.1, 0.15) is 60.9 Å². The van der Waals surface area contributed by atoms with Crippen molar-refractivity contribution in [2.24, 2.45) is 0 Å². The average molecular weight is 337 g/mol. The van der Waals surface area contributed by atoms with Crippen LogP contribution in [0.4, 0.5) is 0 Å². The first kappa shape index (κ1) is 17.5. The molecule has 1 aliphatic rings. The van der Waals surface area contributed by atoms with E-state index in [-0.39, 0.29) is 5.97 Å². The van der Waals surface area contributed by atoms with Crippen molar-refractivity contribution in [2.45, 2.75) is 44.9 Å². The number of esters is 1. The molecule has 3 nitrogen and oxygen atoms in total. The fourth-order valence-corrected chi connectivity index (χ4v) is 3.14. The number of rotatable bonds is 6. The molecule has 0 N–H and O–H groups in total. The Bertz CT molecular complexity index is 667. The maximum absolute atomic E-state index is 12.3. The van der Waals surface area contributed by atoms with Crippen molar-refractivity contribution in [3.8, 4) is 11.5 Å². The van der Waals surface area contributed by atoms with E-state index in [0.717, 1.165) is 12.2 Å². The Balaban J connectivity index is 1.58. The fourth-order valence-electron chi connectivity index (χ4n) is 3.14. The molecule has 2 aromatic carbocycles. The van der Waals surface area contributed by atoms with Crippen LogP contribution >= 0.6 is 0 Å². The van der Waals surface area contributed by atoms with Gasteiger partial charge in [0.05, 0.1) is 12.2 Å². The van der Waals surface area contributed by atoms with Gasteiger partial charge in [-0.2, -0.15) is 0 Å². The van der Waals surface area contributed by atoms with Crippen LogP contribution in [-0.4, -0.2) is 12.6 Å². The van der Waals surface area contributed by atoms with Gasteiger partial charge in [0.2, 0.25) is 0 Å². The zero-order valence-corrected chi connectivity index (χ0v) is 14.7. The molecule has 3 rings (SSSR count). The van der Waals surface area contributed by atoms with E-state index in [4.69, 9.17) is 9.47 Å². The third kappa shape index (κ3) is 4.85. The van der Waals surface area contributed by atoms with Gasteiger partial charge in [0.15, 0.2) is 0 Å². The zero-order valence-electron chi connectivity index (χ0n) is 14.7. The summed E-state index contributed by atoms with van der Waals surface area (Å²) in [5, 5.41) is 0. The standard InChI is InChI=1S/C22H25O3/c1-2-16-24-20-12-10-19(11-13-20)22(23)25-21-14-8-18(9-15-21)17-6-4-3-5-7-17/h3,8-15,17H,2,4-7,16H2,1H3. The molecule has 1 saturated carbocycles. The van der Waals surface area contributed by atoms with E-state index in [2.05, 4.69) is 25.5 Å². The Labute approximate surface area is 150 Å². The molecule has 0 amide bonds. The van der Waals surface area contributed by atoms with E-state index in [9.17, 15) is 4.79 Å². The minimum Gasteiger partial charge on any atom is -0.494 e. The number of hydrogen-bond donors (Lipinski definition) is 0. The van der Waals surface area contributed by atoms with Crippen molar-refractivity contribution in [1.29, 1.82) is 0 Å². The first-order valence-electron chi connectivity index (χ1n) is 9.13. The summed E-state index contributed by atoms with van der Waals surface area (Å²) in [6, 6.07) is 15.0. The first-order chi connectivity index (χ1) is 12.3. The van der Waals surface area contributed by atoms with Crippen LogP contribution in [0.15, 0.2) is 48.5 Å². The second kappa shape index (κ2) is 8.70. The Hall–Kier alpha value is -2.29. The van der Waals surface area contributed by atoms with Gasteiger partial charge in [-0.05, 0) is 86.4 Å². The lowest BCUT2D eigenvalue weighted by molar-refractivity contribution is 0.0734. The lowest BCUT2D eigenvalue weighted by atomic mass is 9.84. The van der Waals surface area contributed by atoms with Gasteiger partial charge in [-0.3, -0.25) is 0 Å². The maximum atomic E-state index is 12.3. The third-order valence-corrected chi connectivity index (χ3v) is 4.56.